The fourth-order valence-corrected chi connectivity index (χ4v) is 1.99. The lowest BCUT2D eigenvalue weighted by Crippen LogP contribution is -2.08. The summed E-state index contributed by atoms with van der Waals surface area (Å²) in [5, 5.41) is 12.7. The van der Waals surface area contributed by atoms with Gasteiger partial charge in [-0.05, 0) is 18.2 Å². The number of nitrogens with one attached hydrogen (secondary N) is 1. The SMILES string of the molecule is O=[N+]([O-])c1cc(C(F)(F)F)ccc1Nc1ncc(C(F)(F)F)cc1Cl. The first-order chi connectivity index (χ1) is 11.4. The number of rotatable bonds is 3. The molecule has 2 aromatic rings. The van der Waals surface area contributed by atoms with Crippen molar-refractivity contribution in [1.29, 1.82) is 0 Å². The van der Waals surface area contributed by atoms with Gasteiger partial charge in [-0.2, -0.15) is 26.3 Å². The van der Waals surface area contributed by atoms with E-state index in [0.29, 0.717) is 24.4 Å². The van der Waals surface area contributed by atoms with Gasteiger partial charge in [0.2, 0.25) is 0 Å². The molecule has 5 nitrogen and oxygen atoms in total. The minimum atomic E-state index is -4.80. The Morgan fingerprint density at radius 2 is 1.64 bits per heavy atom. The van der Waals surface area contributed by atoms with E-state index in [2.05, 4.69) is 10.3 Å². The number of pyridine rings is 1. The van der Waals surface area contributed by atoms with Crippen LogP contribution in [0.25, 0.3) is 0 Å². The van der Waals surface area contributed by atoms with E-state index in [0.717, 1.165) is 6.07 Å². The van der Waals surface area contributed by atoms with Crippen LogP contribution in [0.5, 0.6) is 0 Å². The highest BCUT2D eigenvalue weighted by molar-refractivity contribution is 6.33. The van der Waals surface area contributed by atoms with Gasteiger partial charge in [0.15, 0.2) is 0 Å². The van der Waals surface area contributed by atoms with Gasteiger partial charge in [0.1, 0.15) is 11.5 Å². The highest BCUT2D eigenvalue weighted by Gasteiger charge is 2.34. The van der Waals surface area contributed by atoms with Crippen LogP contribution in [0.4, 0.5) is 43.5 Å². The second-order valence-electron chi connectivity index (χ2n) is 4.66. The lowest BCUT2D eigenvalue weighted by molar-refractivity contribution is -0.384. The van der Waals surface area contributed by atoms with Crippen LogP contribution in [0.2, 0.25) is 5.02 Å². The Labute approximate surface area is 140 Å². The minimum Gasteiger partial charge on any atom is -0.333 e. The quantitative estimate of drug-likeness (QED) is 0.435. The van der Waals surface area contributed by atoms with Crippen LogP contribution in [0, 0.1) is 10.1 Å². The number of aromatic nitrogens is 1. The molecule has 0 aliphatic carbocycles. The number of nitrogens with zero attached hydrogens (tertiary/aromatic N) is 2. The maximum Gasteiger partial charge on any atom is 0.417 e. The van der Waals surface area contributed by atoms with Gasteiger partial charge in [-0.25, -0.2) is 4.98 Å². The summed E-state index contributed by atoms with van der Waals surface area (Å²) in [6.07, 6.45) is -9.06. The Kier molecular flexibility index (Phi) is 4.80. The number of nitro groups is 1. The Balaban J connectivity index is 2.42. The van der Waals surface area contributed by atoms with E-state index >= 15 is 0 Å². The molecule has 0 radical (unpaired) electrons. The van der Waals surface area contributed by atoms with Crippen molar-refractivity contribution in [1.82, 2.24) is 4.98 Å². The number of anilines is 2. The van der Waals surface area contributed by atoms with Crippen molar-refractivity contribution in [2.45, 2.75) is 12.4 Å². The average Bonchev–Trinajstić information content (AvgIpc) is 2.47. The summed E-state index contributed by atoms with van der Waals surface area (Å²) in [4.78, 5) is 13.3. The molecule has 0 saturated carbocycles. The molecular weight excluding hydrogens is 380 g/mol. The molecule has 12 heteroatoms. The van der Waals surface area contributed by atoms with Gasteiger partial charge in [-0.1, -0.05) is 11.6 Å². The normalized spacial score (nSPS) is 12.1. The monoisotopic (exact) mass is 385 g/mol. The van der Waals surface area contributed by atoms with Gasteiger partial charge >= 0.3 is 12.4 Å². The van der Waals surface area contributed by atoms with Crippen LogP contribution in [-0.4, -0.2) is 9.91 Å². The molecule has 0 saturated heterocycles. The maximum absolute atomic E-state index is 12.6. The molecule has 0 unspecified atom stereocenters. The second kappa shape index (κ2) is 6.39. The molecule has 1 heterocycles. The molecule has 0 bridgehead atoms. The summed E-state index contributed by atoms with van der Waals surface area (Å²) in [5.41, 5.74) is -3.75. The molecule has 0 spiro atoms. The van der Waals surface area contributed by atoms with Gasteiger partial charge in [-0.3, -0.25) is 10.1 Å². The number of halogens is 7. The molecule has 0 aliphatic heterocycles. The standard InChI is InChI=1S/C13H6ClF6N3O2/c14-8-3-7(13(18,19)20)5-21-11(8)22-9-2-1-6(12(15,16)17)4-10(9)23(24)25/h1-5H,(H,21,22). The summed E-state index contributed by atoms with van der Waals surface area (Å²) >= 11 is 5.65. The number of hydrogen-bond acceptors (Lipinski definition) is 4. The van der Waals surface area contributed by atoms with Crippen LogP contribution in [0.1, 0.15) is 11.1 Å². The fourth-order valence-electron chi connectivity index (χ4n) is 1.78. The van der Waals surface area contributed by atoms with E-state index in [9.17, 15) is 36.5 Å². The molecule has 0 amide bonds. The summed E-state index contributed by atoms with van der Waals surface area (Å²) < 4.78 is 75.5. The first kappa shape index (κ1) is 18.8. The highest BCUT2D eigenvalue weighted by atomic mass is 35.5. The van der Waals surface area contributed by atoms with Gasteiger partial charge in [0.05, 0.1) is 21.1 Å². The summed E-state index contributed by atoms with van der Waals surface area (Å²) in [6.45, 7) is 0. The Morgan fingerprint density at radius 3 is 2.12 bits per heavy atom. The predicted octanol–water partition coefficient (Wildman–Crippen LogP) is 5.42. The number of hydrogen-bond donors (Lipinski definition) is 1. The van der Waals surface area contributed by atoms with Crippen molar-refractivity contribution in [2.24, 2.45) is 0 Å². The van der Waals surface area contributed by atoms with Gasteiger partial charge in [0, 0.05) is 12.3 Å². The zero-order chi connectivity index (χ0) is 19.0. The van der Waals surface area contributed by atoms with E-state index < -0.39 is 44.8 Å². The number of nitro benzene ring substituents is 1. The largest absolute Gasteiger partial charge is 0.417 e. The Morgan fingerprint density at radius 1 is 1.04 bits per heavy atom. The Bertz CT molecular complexity index is 822. The van der Waals surface area contributed by atoms with E-state index in [1.165, 1.54) is 0 Å². The summed E-state index contributed by atoms with van der Waals surface area (Å²) in [7, 11) is 0. The maximum atomic E-state index is 12.6. The lowest BCUT2D eigenvalue weighted by atomic mass is 10.1. The van der Waals surface area contributed by atoms with Crippen molar-refractivity contribution < 1.29 is 31.3 Å². The molecular formula is C13H6ClF6N3O2. The molecule has 134 valence electrons. The molecule has 25 heavy (non-hydrogen) atoms. The highest BCUT2D eigenvalue weighted by Crippen LogP contribution is 2.37. The van der Waals surface area contributed by atoms with Gasteiger partial charge < -0.3 is 5.32 Å². The molecule has 1 aromatic carbocycles. The van der Waals surface area contributed by atoms with Gasteiger partial charge in [0.25, 0.3) is 5.69 Å². The van der Waals surface area contributed by atoms with Crippen LogP contribution >= 0.6 is 11.6 Å². The van der Waals surface area contributed by atoms with E-state index in [4.69, 9.17) is 11.6 Å². The zero-order valence-electron chi connectivity index (χ0n) is 11.7. The molecule has 1 aromatic heterocycles. The summed E-state index contributed by atoms with van der Waals surface area (Å²) in [5.74, 6) is -0.377. The number of benzene rings is 1. The Hall–Kier alpha value is -2.56. The van der Waals surface area contributed by atoms with E-state index in [1.54, 1.807) is 0 Å². The predicted molar refractivity (Wildman–Crippen MR) is 75.6 cm³/mol. The third kappa shape index (κ3) is 4.29. The minimum absolute atomic E-state index is 0.292. The topological polar surface area (TPSA) is 68.1 Å². The van der Waals surface area contributed by atoms with Crippen molar-refractivity contribution in [3.05, 3.63) is 56.7 Å². The molecule has 0 fully saturated rings. The lowest BCUT2D eigenvalue weighted by Gasteiger charge is -2.12. The van der Waals surface area contributed by atoms with E-state index in [-0.39, 0.29) is 5.82 Å². The first-order valence-electron chi connectivity index (χ1n) is 6.25. The smallest absolute Gasteiger partial charge is 0.333 e. The fraction of sp³-hybridized carbons (Fsp3) is 0.154. The second-order valence-corrected chi connectivity index (χ2v) is 5.07. The third-order valence-corrected chi connectivity index (χ3v) is 3.23. The molecule has 0 aliphatic rings. The van der Waals surface area contributed by atoms with Crippen LogP contribution in [0.15, 0.2) is 30.5 Å². The third-order valence-electron chi connectivity index (χ3n) is 2.94. The van der Waals surface area contributed by atoms with Crippen molar-refractivity contribution in [2.75, 3.05) is 5.32 Å². The van der Waals surface area contributed by atoms with Crippen LogP contribution < -0.4 is 5.32 Å². The van der Waals surface area contributed by atoms with Crippen LogP contribution in [0.3, 0.4) is 0 Å². The van der Waals surface area contributed by atoms with E-state index in [1.807, 2.05) is 0 Å². The van der Waals surface area contributed by atoms with Crippen molar-refractivity contribution >= 4 is 28.8 Å². The first-order valence-corrected chi connectivity index (χ1v) is 6.63. The molecule has 2 rings (SSSR count). The van der Waals surface area contributed by atoms with Crippen molar-refractivity contribution in [3.63, 3.8) is 0 Å². The average molecular weight is 386 g/mol. The molecule has 1 N–H and O–H groups in total. The van der Waals surface area contributed by atoms with Crippen LogP contribution in [-0.2, 0) is 12.4 Å². The number of alkyl halides is 6. The summed E-state index contributed by atoms with van der Waals surface area (Å²) in [6, 6.07) is 2.16. The zero-order valence-corrected chi connectivity index (χ0v) is 12.5. The van der Waals surface area contributed by atoms with Crippen molar-refractivity contribution in [3.8, 4) is 0 Å². The van der Waals surface area contributed by atoms with Gasteiger partial charge in [-0.15, -0.1) is 0 Å². The molecule has 0 atom stereocenters.